The molecule has 0 N–H and O–H groups in total. The molecule has 2 heterocycles. The largest absolute Gasteiger partial charge is 0.497 e. The van der Waals surface area contributed by atoms with Crippen LogP contribution >= 0.6 is 0 Å². The topological polar surface area (TPSA) is 79.8 Å². The number of rotatable bonds is 4. The first-order chi connectivity index (χ1) is 12.2. The smallest absolute Gasteiger partial charge is 0.274 e. The predicted octanol–water partition coefficient (Wildman–Crippen LogP) is 1.37. The van der Waals surface area contributed by atoms with E-state index in [0.29, 0.717) is 17.8 Å². The number of hydrogen-bond acceptors (Lipinski definition) is 5. The molecule has 4 aromatic rings. The third-order valence-corrected chi connectivity index (χ3v) is 4.21. The Kier molecular flexibility index (Phi) is 3.57. The minimum absolute atomic E-state index is 0.0425. The number of nitrogens with zero attached hydrogens (tertiary/aromatic N) is 6. The lowest BCUT2D eigenvalue weighted by molar-refractivity contribution is 0.414. The molecule has 0 radical (unpaired) electrons. The van der Waals surface area contributed by atoms with E-state index < -0.39 is 0 Å². The lowest BCUT2D eigenvalue weighted by atomic mass is 10.2. The molecule has 8 heteroatoms. The second-order valence-corrected chi connectivity index (χ2v) is 5.61. The summed E-state index contributed by atoms with van der Waals surface area (Å²) in [5.74, 6) is 1.39. The van der Waals surface area contributed by atoms with Crippen molar-refractivity contribution in [2.75, 3.05) is 7.11 Å². The average molecular weight is 336 g/mol. The molecule has 0 saturated heterocycles. The highest BCUT2D eigenvalue weighted by Crippen LogP contribution is 2.16. The zero-order valence-electron chi connectivity index (χ0n) is 13.8. The standard InChI is InChI=1S/C17H16N6O2/c1-21-17(24)14-5-3-4-6-15(14)22(21)11-16-18-19-20-23(16)12-7-9-13(25-2)10-8-12/h3-10H,11H2,1-2H3. The molecule has 2 aromatic carbocycles. The van der Waals surface area contributed by atoms with Gasteiger partial charge in [0.1, 0.15) is 12.3 Å². The van der Waals surface area contributed by atoms with Gasteiger partial charge in [-0.15, -0.1) is 5.10 Å². The fraction of sp³-hybridized carbons (Fsp3) is 0.176. The minimum Gasteiger partial charge on any atom is -0.497 e. The van der Waals surface area contributed by atoms with E-state index in [2.05, 4.69) is 15.5 Å². The summed E-state index contributed by atoms with van der Waals surface area (Å²) in [5.41, 5.74) is 1.63. The van der Waals surface area contributed by atoms with E-state index in [1.807, 2.05) is 53.2 Å². The molecule has 0 fully saturated rings. The Morgan fingerprint density at radius 1 is 1.08 bits per heavy atom. The first-order valence-corrected chi connectivity index (χ1v) is 7.75. The highest BCUT2D eigenvalue weighted by atomic mass is 16.5. The zero-order chi connectivity index (χ0) is 17.4. The van der Waals surface area contributed by atoms with Crippen LogP contribution in [0.4, 0.5) is 0 Å². The number of methoxy groups -OCH3 is 1. The second kappa shape index (κ2) is 5.90. The Labute approximate surface area is 142 Å². The van der Waals surface area contributed by atoms with Crippen LogP contribution in [0.2, 0.25) is 0 Å². The van der Waals surface area contributed by atoms with Gasteiger partial charge in [-0.3, -0.25) is 14.2 Å². The first kappa shape index (κ1) is 15.1. The van der Waals surface area contributed by atoms with Crippen molar-refractivity contribution in [3.8, 4) is 11.4 Å². The van der Waals surface area contributed by atoms with Crippen LogP contribution < -0.4 is 10.3 Å². The third-order valence-electron chi connectivity index (χ3n) is 4.21. The summed E-state index contributed by atoms with van der Waals surface area (Å²) >= 11 is 0. The second-order valence-electron chi connectivity index (χ2n) is 5.61. The van der Waals surface area contributed by atoms with Gasteiger partial charge in [-0.25, -0.2) is 0 Å². The molecule has 8 nitrogen and oxygen atoms in total. The van der Waals surface area contributed by atoms with E-state index >= 15 is 0 Å². The Balaban J connectivity index is 1.77. The van der Waals surface area contributed by atoms with Gasteiger partial charge in [0.2, 0.25) is 0 Å². The van der Waals surface area contributed by atoms with E-state index in [1.165, 1.54) is 0 Å². The molecule has 2 aromatic heterocycles. The fourth-order valence-electron chi connectivity index (χ4n) is 2.88. The van der Waals surface area contributed by atoms with Gasteiger partial charge >= 0.3 is 0 Å². The summed E-state index contributed by atoms with van der Waals surface area (Å²) in [4.78, 5) is 12.4. The van der Waals surface area contributed by atoms with E-state index in [0.717, 1.165) is 17.0 Å². The van der Waals surface area contributed by atoms with Crippen LogP contribution in [0.25, 0.3) is 16.6 Å². The fourth-order valence-corrected chi connectivity index (χ4v) is 2.88. The highest BCUT2D eigenvalue weighted by Gasteiger charge is 2.14. The maximum absolute atomic E-state index is 12.4. The van der Waals surface area contributed by atoms with Crippen molar-refractivity contribution in [3.63, 3.8) is 0 Å². The van der Waals surface area contributed by atoms with Crippen molar-refractivity contribution >= 4 is 10.9 Å². The van der Waals surface area contributed by atoms with E-state index in [4.69, 9.17) is 4.74 Å². The molecule has 0 atom stereocenters. The average Bonchev–Trinajstić information content (AvgIpc) is 3.21. The van der Waals surface area contributed by atoms with Gasteiger partial charge in [0.05, 0.1) is 23.7 Å². The molecule has 4 rings (SSSR count). The number of hydrogen-bond donors (Lipinski definition) is 0. The van der Waals surface area contributed by atoms with E-state index in [-0.39, 0.29) is 5.56 Å². The van der Waals surface area contributed by atoms with Gasteiger partial charge in [0.25, 0.3) is 5.56 Å². The van der Waals surface area contributed by atoms with Crippen LogP contribution in [0.3, 0.4) is 0 Å². The lowest BCUT2D eigenvalue weighted by Gasteiger charge is -2.10. The van der Waals surface area contributed by atoms with Crippen LogP contribution in [0.5, 0.6) is 5.75 Å². The lowest BCUT2D eigenvalue weighted by Crippen LogP contribution is -2.21. The van der Waals surface area contributed by atoms with Crippen molar-refractivity contribution in [1.29, 1.82) is 0 Å². The molecule has 0 bridgehead atoms. The number of ether oxygens (including phenoxy) is 1. The summed E-state index contributed by atoms with van der Waals surface area (Å²) in [6.45, 7) is 0.373. The highest BCUT2D eigenvalue weighted by molar-refractivity contribution is 5.78. The molecule has 0 aliphatic rings. The van der Waals surface area contributed by atoms with Crippen LogP contribution in [-0.2, 0) is 13.6 Å². The number of benzene rings is 2. The quantitative estimate of drug-likeness (QED) is 0.562. The van der Waals surface area contributed by atoms with Crippen molar-refractivity contribution < 1.29 is 4.74 Å². The third kappa shape index (κ3) is 2.47. The van der Waals surface area contributed by atoms with Crippen molar-refractivity contribution in [1.82, 2.24) is 29.6 Å². The molecule has 25 heavy (non-hydrogen) atoms. The maximum Gasteiger partial charge on any atom is 0.274 e. The molecule has 0 spiro atoms. The van der Waals surface area contributed by atoms with E-state index in [9.17, 15) is 4.79 Å². The summed E-state index contributed by atoms with van der Waals surface area (Å²) in [6.07, 6.45) is 0. The molecular formula is C17H16N6O2. The molecule has 0 saturated carbocycles. The number of aromatic nitrogens is 6. The van der Waals surface area contributed by atoms with Gasteiger partial charge < -0.3 is 4.74 Å². The number of tetrazole rings is 1. The molecule has 0 unspecified atom stereocenters. The normalized spacial score (nSPS) is 11.1. The van der Waals surface area contributed by atoms with Gasteiger partial charge in [0, 0.05) is 7.05 Å². The monoisotopic (exact) mass is 336 g/mol. The van der Waals surface area contributed by atoms with Gasteiger partial charge in [0.15, 0.2) is 5.82 Å². The number of fused-ring (bicyclic) bond motifs is 1. The van der Waals surface area contributed by atoms with Crippen LogP contribution in [0.15, 0.2) is 53.3 Å². The molecule has 0 amide bonds. The van der Waals surface area contributed by atoms with Crippen LogP contribution in [-0.4, -0.2) is 36.7 Å². The number of para-hydroxylation sites is 1. The zero-order valence-corrected chi connectivity index (χ0v) is 13.8. The maximum atomic E-state index is 12.4. The van der Waals surface area contributed by atoms with Crippen molar-refractivity contribution in [2.45, 2.75) is 6.54 Å². The summed E-state index contributed by atoms with van der Waals surface area (Å²) < 4.78 is 10.3. The Morgan fingerprint density at radius 3 is 2.60 bits per heavy atom. The van der Waals surface area contributed by atoms with Crippen LogP contribution in [0.1, 0.15) is 5.82 Å². The van der Waals surface area contributed by atoms with Crippen LogP contribution in [0, 0.1) is 0 Å². The predicted molar refractivity (Wildman–Crippen MR) is 92.0 cm³/mol. The van der Waals surface area contributed by atoms with Gasteiger partial charge in [-0.1, -0.05) is 12.1 Å². The SMILES string of the molecule is COc1ccc(-n2nnnc2Cn2c3ccccc3c(=O)n2C)cc1. The first-order valence-electron chi connectivity index (χ1n) is 7.75. The van der Waals surface area contributed by atoms with Crippen molar-refractivity contribution in [2.24, 2.45) is 7.05 Å². The molecular weight excluding hydrogens is 320 g/mol. The summed E-state index contributed by atoms with van der Waals surface area (Å²) in [6, 6.07) is 15.0. The summed E-state index contributed by atoms with van der Waals surface area (Å²) in [5, 5.41) is 12.6. The molecule has 126 valence electrons. The Hall–Kier alpha value is -3.42. The Morgan fingerprint density at radius 2 is 1.84 bits per heavy atom. The van der Waals surface area contributed by atoms with Gasteiger partial charge in [-0.05, 0) is 46.8 Å². The van der Waals surface area contributed by atoms with Crippen molar-refractivity contribution in [3.05, 3.63) is 64.7 Å². The molecule has 0 aliphatic heterocycles. The molecule has 0 aliphatic carbocycles. The van der Waals surface area contributed by atoms with Gasteiger partial charge in [-0.2, -0.15) is 4.68 Å². The summed E-state index contributed by atoms with van der Waals surface area (Å²) in [7, 11) is 3.36. The minimum atomic E-state index is -0.0425. The Bertz CT molecular complexity index is 1090. The van der Waals surface area contributed by atoms with E-state index in [1.54, 1.807) is 23.5 Å².